The van der Waals surface area contributed by atoms with Gasteiger partial charge in [0.25, 0.3) is 11.7 Å². The second-order valence-electron chi connectivity index (χ2n) is 7.99. The van der Waals surface area contributed by atoms with Gasteiger partial charge in [0, 0.05) is 24.4 Å². The second kappa shape index (κ2) is 9.78. The average molecular weight is 548 g/mol. The van der Waals surface area contributed by atoms with Crippen molar-refractivity contribution in [3.63, 3.8) is 0 Å². The third-order valence-electron chi connectivity index (χ3n) is 5.57. The molecule has 0 spiro atoms. The van der Waals surface area contributed by atoms with Gasteiger partial charge in [-0.2, -0.15) is 5.10 Å². The molecule has 2 aromatic carbocycles. The Labute approximate surface area is 212 Å². The molecule has 36 heavy (non-hydrogen) atoms. The third-order valence-corrected chi connectivity index (χ3v) is 6.08. The van der Waals surface area contributed by atoms with Crippen molar-refractivity contribution in [3.8, 4) is 11.3 Å². The number of anilines is 1. The zero-order valence-electron chi connectivity index (χ0n) is 19.0. The molecule has 2 amide bonds. The minimum absolute atomic E-state index is 0.0423. The van der Waals surface area contributed by atoms with Gasteiger partial charge >= 0.3 is 0 Å². The molecular formula is C25H19BrFN7O2. The van der Waals surface area contributed by atoms with E-state index in [0.29, 0.717) is 29.1 Å². The lowest BCUT2D eigenvalue weighted by molar-refractivity contribution is -0.113. The van der Waals surface area contributed by atoms with E-state index in [2.05, 4.69) is 46.6 Å². The van der Waals surface area contributed by atoms with Crippen molar-refractivity contribution in [1.29, 1.82) is 0 Å². The number of nitrogens with one attached hydrogen (secondary N) is 2. The van der Waals surface area contributed by atoms with Crippen molar-refractivity contribution in [2.75, 3.05) is 17.7 Å². The standard InChI is InChI=1S/C25H19BrFN7O2/c1-28-24(36)19-4-3-15(9-20(19)27)22-13-31-25-30-12-18(34(25)33-22)7-14-2-5-21-16(6-14)8-17(11-29-21)32-23(35)10-26/h2-6,8-9,11-13H,7,10H2,1H3,(H,28,36)(H,32,35). The maximum Gasteiger partial charge on any atom is 0.253 e. The van der Waals surface area contributed by atoms with E-state index < -0.39 is 11.7 Å². The summed E-state index contributed by atoms with van der Waals surface area (Å²) >= 11 is 3.14. The predicted molar refractivity (Wildman–Crippen MR) is 137 cm³/mol. The molecule has 3 aromatic heterocycles. The Balaban J connectivity index is 1.46. The molecule has 180 valence electrons. The van der Waals surface area contributed by atoms with Crippen molar-refractivity contribution >= 4 is 50.1 Å². The van der Waals surface area contributed by atoms with Gasteiger partial charge < -0.3 is 10.6 Å². The second-order valence-corrected chi connectivity index (χ2v) is 8.55. The molecule has 0 aliphatic carbocycles. The SMILES string of the molecule is CNC(=O)c1ccc(-c2cnc3ncc(Cc4ccc5ncc(NC(=O)CBr)cc5c4)n3n2)cc1F. The Bertz CT molecular complexity index is 1640. The molecule has 11 heteroatoms. The van der Waals surface area contributed by atoms with E-state index in [1.807, 2.05) is 24.3 Å². The van der Waals surface area contributed by atoms with Gasteiger partial charge in [-0.3, -0.25) is 14.6 Å². The lowest BCUT2D eigenvalue weighted by Gasteiger charge is -2.08. The highest BCUT2D eigenvalue weighted by atomic mass is 79.9. The van der Waals surface area contributed by atoms with Crippen LogP contribution in [-0.2, 0) is 11.2 Å². The summed E-state index contributed by atoms with van der Waals surface area (Å²) in [5, 5.41) is 10.9. The summed E-state index contributed by atoms with van der Waals surface area (Å²) in [5.41, 5.74) is 4.09. The van der Waals surface area contributed by atoms with E-state index in [9.17, 15) is 14.0 Å². The zero-order chi connectivity index (χ0) is 25.2. The van der Waals surface area contributed by atoms with Gasteiger partial charge in [-0.1, -0.05) is 28.1 Å². The number of hydrogen-bond acceptors (Lipinski definition) is 6. The van der Waals surface area contributed by atoms with Gasteiger partial charge in [-0.05, 0) is 35.9 Å². The summed E-state index contributed by atoms with van der Waals surface area (Å²) in [6, 6.07) is 12.1. The fraction of sp³-hybridized carbons (Fsp3) is 0.120. The van der Waals surface area contributed by atoms with Crippen LogP contribution in [-0.4, -0.2) is 48.8 Å². The lowest BCUT2D eigenvalue weighted by Crippen LogP contribution is -2.19. The van der Waals surface area contributed by atoms with Gasteiger partial charge in [0.1, 0.15) is 11.5 Å². The molecule has 0 atom stereocenters. The fourth-order valence-corrected chi connectivity index (χ4v) is 3.97. The first kappa shape index (κ1) is 23.5. The quantitative estimate of drug-likeness (QED) is 0.313. The number of alkyl halides is 1. The molecule has 0 aliphatic rings. The van der Waals surface area contributed by atoms with Crippen LogP contribution in [0.15, 0.2) is 61.1 Å². The number of pyridine rings is 1. The lowest BCUT2D eigenvalue weighted by atomic mass is 10.1. The average Bonchev–Trinajstić information content (AvgIpc) is 3.29. The minimum Gasteiger partial charge on any atom is -0.355 e. The molecule has 0 fully saturated rings. The van der Waals surface area contributed by atoms with Crippen LogP contribution in [0.3, 0.4) is 0 Å². The van der Waals surface area contributed by atoms with E-state index >= 15 is 0 Å². The fourth-order valence-electron chi connectivity index (χ4n) is 3.83. The van der Waals surface area contributed by atoms with Gasteiger partial charge in [0.05, 0.1) is 46.4 Å². The molecule has 0 bridgehead atoms. The minimum atomic E-state index is -0.643. The first-order chi connectivity index (χ1) is 17.4. The topological polar surface area (TPSA) is 114 Å². The van der Waals surface area contributed by atoms with Gasteiger partial charge in [-0.25, -0.2) is 18.9 Å². The number of rotatable bonds is 6. The summed E-state index contributed by atoms with van der Waals surface area (Å²) in [7, 11) is 1.45. The molecule has 0 unspecified atom stereocenters. The number of carbonyl (C=O) groups excluding carboxylic acids is 2. The Morgan fingerprint density at radius 1 is 1.03 bits per heavy atom. The maximum absolute atomic E-state index is 14.5. The summed E-state index contributed by atoms with van der Waals surface area (Å²) in [6.45, 7) is 0. The monoisotopic (exact) mass is 547 g/mol. The molecular weight excluding hydrogens is 529 g/mol. The molecule has 5 aromatic rings. The third kappa shape index (κ3) is 4.65. The number of imidazole rings is 1. The van der Waals surface area contributed by atoms with Crippen LogP contribution in [0.5, 0.6) is 0 Å². The molecule has 3 heterocycles. The molecule has 0 saturated carbocycles. The predicted octanol–water partition coefficient (Wildman–Crippen LogP) is 3.76. The summed E-state index contributed by atoms with van der Waals surface area (Å²) in [4.78, 5) is 36.6. The Hall–Kier alpha value is -4.25. The molecule has 5 rings (SSSR count). The summed E-state index contributed by atoms with van der Waals surface area (Å²) < 4.78 is 16.1. The maximum atomic E-state index is 14.5. The Morgan fingerprint density at radius 3 is 2.64 bits per heavy atom. The van der Waals surface area contributed by atoms with E-state index in [1.165, 1.54) is 25.4 Å². The zero-order valence-corrected chi connectivity index (χ0v) is 20.6. The van der Waals surface area contributed by atoms with Crippen LogP contribution in [0.1, 0.15) is 21.6 Å². The van der Waals surface area contributed by atoms with Crippen molar-refractivity contribution in [2.45, 2.75) is 6.42 Å². The molecule has 0 saturated heterocycles. The largest absolute Gasteiger partial charge is 0.355 e. The summed E-state index contributed by atoms with van der Waals surface area (Å²) in [6.07, 6.45) is 5.35. The Kier molecular flexibility index (Phi) is 6.38. The number of nitrogens with zero attached hydrogens (tertiary/aromatic N) is 5. The van der Waals surface area contributed by atoms with Crippen molar-refractivity contribution < 1.29 is 14.0 Å². The van der Waals surface area contributed by atoms with Gasteiger partial charge in [0.15, 0.2) is 0 Å². The smallest absolute Gasteiger partial charge is 0.253 e. The van der Waals surface area contributed by atoms with Crippen LogP contribution >= 0.6 is 15.9 Å². The number of aromatic nitrogens is 5. The molecule has 0 radical (unpaired) electrons. The molecule has 2 N–H and O–H groups in total. The van der Waals surface area contributed by atoms with E-state index in [1.54, 1.807) is 23.0 Å². The number of hydrogen-bond donors (Lipinski definition) is 2. The normalized spacial score (nSPS) is 11.1. The first-order valence-corrected chi connectivity index (χ1v) is 12.0. The number of halogens is 2. The molecule has 0 aliphatic heterocycles. The number of fused-ring (bicyclic) bond motifs is 2. The van der Waals surface area contributed by atoms with E-state index in [4.69, 9.17) is 0 Å². The van der Waals surface area contributed by atoms with Crippen molar-refractivity contribution in [3.05, 3.63) is 83.7 Å². The first-order valence-electron chi connectivity index (χ1n) is 10.9. The van der Waals surface area contributed by atoms with Gasteiger partial charge in [-0.15, -0.1) is 0 Å². The van der Waals surface area contributed by atoms with Gasteiger partial charge in [0.2, 0.25) is 5.91 Å². The molecule has 9 nitrogen and oxygen atoms in total. The number of amides is 2. The van der Waals surface area contributed by atoms with Crippen LogP contribution in [0.25, 0.3) is 27.9 Å². The number of benzene rings is 2. The van der Waals surface area contributed by atoms with Crippen molar-refractivity contribution in [2.24, 2.45) is 0 Å². The number of carbonyl (C=O) groups is 2. The van der Waals surface area contributed by atoms with E-state index in [-0.39, 0.29) is 16.8 Å². The van der Waals surface area contributed by atoms with E-state index in [0.717, 1.165) is 22.2 Å². The van der Waals surface area contributed by atoms with Crippen LogP contribution in [0.2, 0.25) is 0 Å². The van der Waals surface area contributed by atoms with Crippen molar-refractivity contribution in [1.82, 2.24) is 29.9 Å². The van der Waals surface area contributed by atoms with Crippen LogP contribution in [0, 0.1) is 5.82 Å². The summed E-state index contributed by atoms with van der Waals surface area (Å²) in [5.74, 6) is -0.884. The highest BCUT2D eigenvalue weighted by Crippen LogP contribution is 2.22. The van der Waals surface area contributed by atoms with Crippen LogP contribution < -0.4 is 10.6 Å². The highest BCUT2D eigenvalue weighted by molar-refractivity contribution is 9.09. The highest BCUT2D eigenvalue weighted by Gasteiger charge is 2.14. The van der Waals surface area contributed by atoms with Crippen LogP contribution in [0.4, 0.5) is 10.1 Å². The Morgan fingerprint density at radius 2 is 1.86 bits per heavy atom.